The molecule has 2 rings (SSSR count). The fourth-order valence-electron chi connectivity index (χ4n) is 3.07. The molecule has 2 unspecified atom stereocenters. The minimum absolute atomic E-state index is 0.237. The van der Waals surface area contributed by atoms with Gasteiger partial charge < -0.3 is 10.1 Å². The van der Waals surface area contributed by atoms with Crippen LogP contribution in [-0.4, -0.2) is 18.7 Å². The summed E-state index contributed by atoms with van der Waals surface area (Å²) in [5, 5.41) is 4.45. The maximum Gasteiger partial charge on any atom is 0.120 e. The molecule has 3 heteroatoms. The smallest absolute Gasteiger partial charge is 0.120 e. The Hall–Kier alpha value is -0.730. The molecular weight excluding hydrogens is 282 g/mol. The largest absolute Gasteiger partial charge is 0.489 e. The molecule has 1 fully saturated rings. The van der Waals surface area contributed by atoms with Gasteiger partial charge in [-0.2, -0.15) is 0 Å². The van der Waals surface area contributed by atoms with E-state index in [4.69, 9.17) is 16.3 Å². The van der Waals surface area contributed by atoms with Crippen LogP contribution in [0.2, 0.25) is 5.02 Å². The van der Waals surface area contributed by atoms with Crippen LogP contribution in [0, 0.1) is 12.3 Å². The quantitative estimate of drug-likeness (QED) is 0.828. The van der Waals surface area contributed by atoms with Crippen molar-refractivity contribution in [3.05, 3.63) is 28.8 Å². The third-order valence-corrected chi connectivity index (χ3v) is 4.83. The first-order valence-corrected chi connectivity index (χ1v) is 8.45. The summed E-state index contributed by atoms with van der Waals surface area (Å²) < 4.78 is 6.32. The van der Waals surface area contributed by atoms with Crippen molar-refractivity contribution in [2.45, 2.75) is 65.5 Å². The molecule has 2 nitrogen and oxygen atoms in total. The van der Waals surface area contributed by atoms with Crippen LogP contribution in [0.15, 0.2) is 18.2 Å². The minimum Gasteiger partial charge on any atom is -0.489 e. The maximum atomic E-state index is 6.32. The molecule has 0 aliphatic heterocycles. The molecule has 0 amide bonds. The molecule has 118 valence electrons. The topological polar surface area (TPSA) is 21.3 Å². The summed E-state index contributed by atoms with van der Waals surface area (Å²) in [5.74, 6) is 0.933. The summed E-state index contributed by atoms with van der Waals surface area (Å²) in [6.07, 6.45) is 4.93. The van der Waals surface area contributed by atoms with Crippen LogP contribution in [0.5, 0.6) is 5.75 Å². The summed E-state index contributed by atoms with van der Waals surface area (Å²) in [7, 11) is 0. The molecule has 1 aromatic carbocycles. The monoisotopic (exact) mass is 309 g/mol. The fraction of sp³-hybridized carbons (Fsp3) is 0.667. The highest BCUT2D eigenvalue weighted by atomic mass is 35.5. The molecule has 0 aromatic heterocycles. The first kappa shape index (κ1) is 16.6. The van der Waals surface area contributed by atoms with Crippen molar-refractivity contribution in [2.75, 3.05) is 6.54 Å². The highest BCUT2D eigenvalue weighted by Crippen LogP contribution is 2.37. The summed E-state index contributed by atoms with van der Waals surface area (Å²) in [6, 6.07) is 6.40. The third-order valence-electron chi connectivity index (χ3n) is 4.41. The molecule has 1 aromatic rings. The van der Waals surface area contributed by atoms with Gasteiger partial charge in [-0.3, -0.25) is 0 Å². The number of benzene rings is 1. The standard InChI is InChI=1S/C18H28ClNO/c1-5-10-20-16-8-9-18(3,4)12-17(16)21-14-6-7-15(19)13(2)11-14/h6-7,11,16-17,20H,5,8-10,12H2,1-4H3. The van der Waals surface area contributed by atoms with Crippen LogP contribution in [0.25, 0.3) is 0 Å². The lowest BCUT2D eigenvalue weighted by atomic mass is 9.74. The van der Waals surface area contributed by atoms with Gasteiger partial charge >= 0.3 is 0 Å². The fourth-order valence-corrected chi connectivity index (χ4v) is 3.19. The molecule has 1 aliphatic carbocycles. The summed E-state index contributed by atoms with van der Waals surface area (Å²) >= 11 is 6.10. The number of ether oxygens (including phenoxy) is 1. The van der Waals surface area contributed by atoms with Gasteiger partial charge in [0.1, 0.15) is 11.9 Å². The average molecular weight is 310 g/mol. The van der Waals surface area contributed by atoms with Crippen LogP contribution in [-0.2, 0) is 0 Å². The lowest BCUT2D eigenvalue weighted by Gasteiger charge is -2.41. The Labute approximate surface area is 134 Å². The summed E-state index contributed by atoms with van der Waals surface area (Å²) in [4.78, 5) is 0. The number of rotatable bonds is 5. The number of hydrogen-bond acceptors (Lipinski definition) is 2. The Kier molecular flexibility index (Phi) is 5.56. The zero-order valence-corrected chi connectivity index (χ0v) is 14.5. The second kappa shape index (κ2) is 7.02. The minimum atomic E-state index is 0.237. The van der Waals surface area contributed by atoms with Crippen molar-refractivity contribution in [2.24, 2.45) is 5.41 Å². The highest BCUT2D eigenvalue weighted by molar-refractivity contribution is 6.31. The Balaban J connectivity index is 2.09. The van der Waals surface area contributed by atoms with Crippen molar-refractivity contribution in [1.29, 1.82) is 0 Å². The molecule has 0 heterocycles. The Morgan fingerprint density at radius 2 is 2.14 bits per heavy atom. The van der Waals surface area contributed by atoms with E-state index in [2.05, 4.69) is 26.1 Å². The number of aryl methyl sites for hydroxylation is 1. The molecule has 2 atom stereocenters. The normalized spacial score (nSPS) is 24.8. The number of hydrogen-bond donors (Lipinski definition) is 1. The number of nitrogens with one attached hydrogen (secondary N) is 1. The summed E-state index contributed by atoms with van der Waals surface area (Å²) in [6.45, 7) is 9.97. The maximum absolute atomic E-state index is 6.32. The molecule has 21 heavy (non-hydrogen) atoms. The van der Waals surface area contributed by atoms with E-state index in [0.717, 1.165) is 35.7 Å². The SMILES string of the molecule is CCCNC1CCC(C)(C)CC1Oc1ccc(Cl)c(C)c1. The van der Waals surface area contributed by atoms with Crippen LogP contribution >= 0.6 is 11.6 Å². The van der Waals surface area contributed by atoms with E-state index in [-0.39, 0.29) is 6.10 Å². The zero-order chi connectivity index (χ0) is 15.5. The summed E-state index contributed by atoms with van der Waals surface area (Å²) in [5.41, 5.74) is 1.43. The molecule has 0 spiro atoms. The Morgan fingerprint density at radius 3 is 2.81 bits per heavy atom. The van der Waals surface area contributed by atoms with Crippen molar-refractivity contribution in [1.82, 2.24) is 5.32 Å². The average Bonchev–Trinajstić information content (AvgIpc) is 2.41. The molecule has 0 saturated heterocycles. The zero-order valence-electron chi connectivity index (χ0n) is 13.7. The van der Waals surface area contributed by atoms with E-state index in [0.29, 0.717) is 11.5 Å². The first-order valence-electron chi connectivity index (χ1n) is 8.07. The van der Waals surface area contributed by atoms with Gasteiger partial charge in [-0.25, -0.2) is 0 Å². The Bertz CT molecular complexity index is 472. The molecular formula is C18H28ClNO. The van der Waals surface area contributed by atoms with Crippen molar-refractivity contribution in [3.8, 4) is 5.75 Å². The van der Waals surface area contributed by atoms with Gasteiger partial charge in [0.2, 0.25) is 0 Å². The molecule has 0 radical (unpaired) electrons. The number of halogens is 1. The van der Waals surface area contributed by atoms with Crippen LogP contribution in [0.4, 0.5) is 0 Å². The highest BCUT2D eigenvalue weighted by Gasteiger charge is 2.36. The van der Waals surface area contributed by atoms with E-state index in [1.54, 1.807) is 0 Å². The second-order valence-corrected chi connectivity index (χ2v) is 7.44. The van der Waals surface area contributed by atoms with Crippen molar-refractivity contribution in [3.63, 3.8) is 0 Å². The first-order chi connectivity index (χ1) is 9.91. The third kappa shape index (κ3) is 4.62. The van der Waals surface area contributed by atoms with Gasteiger partial charge in [0.15, 0.2) is 0 Å². The van der Waals surface area contributed by atoms with E-state index < -0.39 is 0 Å². The van der Waals surface area contributed by atoms with Crippen LogP contribution in [0.3, 0.4) is 0 Å². The van der Waals surface area contributed by atoms with Crippen LogP contribution < -0.4 is 10.1 Å². The predicted molar refractivity (Wildman–Crippen MR) is 90.3 cm³/mol. The van der Waals surface area contributed by atoms with E-state index in [1.165, 1.54) is 12.8 Å². The lowest BCUT2D eigenvalue weighted by molar-refractivity contribution is 0.0531. The predicted octanol–water partition coefficient (Wildman–Crippen LogP) is 4.97. The van der Waals surface area contributed by atoms with E-state index in [1.807, 2.05) is 25.1 Å². The molecule has 1 aliphatic rings. The molecule has 1 saturated carbocycles. The van der Waals surface area contributed by atoms with Crippen molar-refractivity contribution >= 4 is 11.6 Å². The van der Waals surface area contributed by atoms with E-state index >= 15 is 0 Å². The lowest BCUT2D eigenvalue weighted by Crippen LogP contribution is -2.49. The van der Waals surface area contributed by atoms with Gasteiger partial charge in [-0.15, -0.1) is 0 Å². The Morgan fingerprint density at radius 1 is 1.38 bits per heavy atom. The van der Waals surface area contributed by atoms with Gasteiger partial charge in [0.25, 0.3) is 0 Å². The second-order valence-electron chi connectivity index (χ2n) is 7.03. The van der Waals surface area contributed by atoms with Crippen molar-refractivity contribution < 1.29 is 4.74 Å². The molecule has 0 bridgehead atoms. The van der Waals surface area contributed by atoms with Gasteiger partial charge in [-0.05, 0) is 68.3 Å². The van der Waals surface area contributed by atoms with E-state index in [9.17, 15) is 0 Å². The van der Waals surface area contributed by atoms with Crippen LogP contribution in [0.1, 0.15) is 52.0 Å². The molecule has 1 N–H and O–H groups in total. The van der Waals surface area contributed by atoms with Gasteiger partial charge in [-0.1, -0.05) is 32.4 Å². The van der Waals surface area contributed by atoms with Gasteiger partial charge in [0.05, 0.1) is 0 Å². The van der Waals surface area contributed by atoms with Gasteiger partial charge in [0, 0.05) is 11.1 Å².